The van der Waals surface area contributed by atoms with Crippen LogP contribution < -0.4 is 15.7 Å². The van der Waals surface area contributed by atoms with E-state index in [4.69, 9.17) is 9.15 Å². The lowest BCUT2D eigenvalue weighted by molar-refractivity contribution is -0.118. The van der Waals surface area contributed by atoms with E-state index in [0.29, 0.717) is 11.3 Å². The van der Waals surface area contributed by atoms with Crippen LogP contribution in [0.15, 0.2) is 51.7 Å². The molecule has 0 spiro atoms. The molecule has 0 bridgehead atoms. The second kappa shape index (κ2) is 7.44. The molecule has 0 atom stereocenters. The highest BCUT2D eigenvalue weighted by Crippen LogP contribution is 2.23. The first kappa shape index (κ1) is 17.7. The van der Waals surface area contributed by atoms with Crippen LogP contribution in [0, 0.1) is 13.8 Å². The lowest BCUT2D eigenvalue weighted by Gasteiger charge is -2.13. The number of hydrogen-bond acceptors (Lipinski definition) is 4. The number of carbonyl (C=O) groups is 1. The Bertz CT molecular complexity index is 1020. The third-order valence-electron chi connectivity index (χ3n) is 4.30. The lowest BCUT2D eigenvalue weighted by atomic mass is 10.1. The molecular weight excluding hydrogens is 330 g/mol. The van der Waals surface area contributed by atoms with Gasteiger partial charge in [-0.3, -0.25) is 4.79 Å². The molecule has 0 aliphatic heterocycles. The van der Waals surface area contributed by atoms with Crippen LogP contribution in [0.5, 0.6) is 5.75 Å². The molecule has 3 rings (SSSR count). The first-order valence-corrected chi connectivity index (χ1v) is 8.53. The fraction of sp³-hybridized carbons (Fsp3) is 0.238. The SMILES string of the molecule is CCc1cccc(C)c1NC(=O)COc1ccc2c(C)cc(=O)oc2c1. The monoisotopic (exact) mass is 351 g/mol. The lowest BCUT2D eigenvalue weighted by Crippen LogP contribution is -2.21. The van der Waals surface area contributed by atoms with E-state index in [-0.39, 0.29) is 12.5 Å². The Hall–Kier alpha value is -3.08. The molecule has 0 saturated heterocycles. The standard InChI is InChI=1S/C21H21NO4/c1-4-15-7-5-6-13(2)21(15)22-19(23)12-25-16-8-9-17-14(3)10-20(24)26-18(17)11-16/h5-11H,4,12H2,1-3H3,(H,22,23). The number of ether oxygens (including phenoxy) is 1. The van der Waals surface area contributed by atoms with Crippen molar-refractivity contribution in [3.63, 3.8) is 0 Å². The molecule has 2 aromatic carbocycles. The molecule has 0 fully saturated rings. The average molecular weight is 351 g/mol. The van der Waals surface area contributed by atoms with Gasteiger partial charge in [0.15, 0.2) is 6.61 Å². The van der Waals surface area contributed by atoms with Crippen LogP contribution in [0.1, 0.15) is 23.6 Å². The number of carbonyl (C=O) groups excluding carboxylic acids is 1. The Labute approximate surface area is 151 Å². The van der Waals surface area contributed by atoms with Gasteiger partial charge in [-0.15, -0.1) is 0 Å². The highest BCUT2D eigenvalue weighted by Gasteiger charge is 2.10. The Morgan fingerprint density at radius 1 is 1.12 bits per heavy atom. The van der Waals surface area contributed by atoms with E-state index in [0.717, 1.165) is 34.2 Å². The number of aryl methyl sites for hydroxylation is 3. The zero-order chi connectivity index (χ0) is 18.7. The number of hydrogen-bond donors (Lipinski definition) is 1. The van der Waals surface area contributed by atoms with Crippen LogP contribution in [0.3, 0.4) is 0 Å². The summed E-state index contributed by atoms with van der Waals surface area (Å²) in [5.41, 5.74) is 3.81. The molecule has 0 radical (unpaired) electrons. The van der Waals surface area contributed by atoms with Crippen molar-refractivity contribution < 1.29 is 13.9 Å². The van der Waals surface area contributed by atoms with Gasteiger partial charge in [0, 0.05) is 23.2 Å². The zero-order valence-electron chi connectivity index (χ0n) is 15.1. The van der Waals surface area contributed by atoms with Gasteiger partial charge in [-0.1, -0.05) is 25.1 Å². The highest BCUT2D eigenvalue weighted by atomic mass is 16.5. The predicted molar refractivity (Wildman–Crippen MR) is 102 cm³/mol. The summed E-state index contributed by atoms with van der Waals surface area (Å²) >= 11 is 0. The molecule has 134 valence electrons. The van der Waals surface area contributed by atoms with Gasteiger partial charge in [0.2, 0.25) is 0 Å². The predicted octanol–water partition coefficient (Wildman–Crippen LogP) is 3.99. The van der Waals surface area contributed by atoms with E-state index in [1.807, 2.05) is 45.0 Å². The number of rotatable bonds is 5. The first-order chi connectivity index (χ1) is 12.5. The van der Waals surface area contributed by atoms with E-state index < -0.39 is 5.63 Å². The van der Waals surface area contributed by atoms with Crippen molar-refractivity contribution >= 4 is 22.6 Å². The van der Waals surface area contributed by atoms with E-state index in [9.17, 15) is 9.59 Å². The van der Waals surface area contributed by atoms with Crippen molar-refractivity contribution in [3.8, 4) is 5.75 Å². The van der Waals surface area contributed by atoms with Crippen molar-refractivity contribution in [2.24, 2.45) is 0 Å². The van der Waals surface area contributed by atoms with Gasteiger partial charge in [0.1, 0.15) is 11.3 Å². The number of fused-ring (bicyclic) bond motifs is 1. The van der Waals surface area contributed by atoms with E-state index in [1.165, 1.54) is 6.07 Å². The molecule has 0 unspecified atom stereocenters. The number of para-hydroxylation sites is 1. The van der Waals surface area contributed by atoms with E-state index in [2.05, 4.69) is 5.32 Å². The second-order valence-electron chi connectivity index (χ2n) is 6.21. The molecule has 1 aromatic heterocycles. The summed E-state index contributed by atoms with van der Waals surface area (Å²) < 4.78 is 10.8. The Morgan fingerprint density at radius 2 is 1.92 bits per heavy atom. The van der Waals surface area contributed by atoms with Gasteiger partial charge in [0.05, 0.1) is 0 Å². The maximum absolute atomic E-state index is 12.3. The molecule has 1 heterocycles. The quantitative estimate of drug-likeness (QED) is 0.706. The third-order valence-corrected chi connectivity index (χ3v) is 4.30. The third kappa shape index (κ3) is 3.77. The maximum atomic E-state index is 12.3. The highest BCUT2D eigenvalue weighted by molar-refractivity contribution is 5.93. The van der Waals surface area contributed by atoms with Crippen LogP contribution in [-0.2, 0) is 11.2 Å². The molecule has 26 heavy (non-hydrogen) atoms. The summed E-state index contributed by atoms with van der Waals surface area (Å²) in [4.78, 5) is 23.8. The molecular formula is C21H21NO4. The largest absolute Gasteiger partial charge is 0.484 e. The fourth-order valence-electron chi connectivity index (χ4n) is 2.92. The van der Waals surface area contributed by atoms with E-state index >= 15 is 0 Å². The molecule has 1 N–H and O–H groups in total. The normalized spacial score (nSPS) is 10.7. The summed E-state index contributed by atoms with van der Waals surface area (Å²) in [5.74, 6) is 0.238. The van der Waals surface area contributed by atoms with Crippen LogP contribution in [0.2, 0.25) is 0 Å². The van der Waals surface area contributed by atoms with Gasteiger partial charge < -0.3 is 14.5 Å². The first-order valence-electron chi connectivity index (χ1n) is 8.53. The van der Waals surface area contributed by atoms with Crippen molar-refractivity contribution in [2.45, 2.75) is 27.2 Å². The van der Waals surface area contributed by atoms with Crippen LogP contribution in [-0.4, -0.2) is 12.5 Å². The Balaban J connectivity index is 1.72. The minimum Gasteiger partial charge on any atom is -0.484 e. The number of nitrogens with one attached hydrogen (secondary N) is 1. The van der Waals surface area contributed by atoms with Gasteiger partial charge in [0.25, 0.3) is 5.91 Å². The van der Waals surface area contributed by atoms with Gasteiger partial charge in [-0.05, 0) is 49.1 Å². The smallest absolute Gasteiger partial charge is 0.336 e. The summed E-state index contributed by atoms with van der Waals surface area (Å²) in [7, 11) is 0. The van der Waals surface area contributed by atoms with Crippen molar-refractivity contribution in [1.29, 1.82) is 0 Å². The van der Waals surface area contributed by atoms with Crippen LogP contribution >= 0.6 is 0 Å². The molecule has 5 nitrogen and oxygen atoms in total. The van der Waals surface area contributed by atoms with Crippen LogP contribution in [0.25, 0.3) is 11.0 Å². The summed E-state index contributed by atoms with van der Waals surface area (Å²) in [6.07, 6.45) is 0.835. The average Bonchev–Trinajstić information content (AvgIpc) is 2.61. The van der Waals surface area contributed by atoms with Crippen LogP contribution in [0.4, 0.5) is 5.69 Å². The van der Waals surface area contributed by atoms with Crippen molar-refractivity contribution in [2.75, 3.05) is 11.9 Å². The molecule has 5 heteroatoms. The van der Waals surface area contributed by atoms with Gasteiger partial charge in [-0.25, -0.2) is 4.79 Å². The molecule has 0 aliphatic carbocycles. The summed E-state index contributed by atoms with van der Waals surface area (Å²) in [5, 5.41) is 3.76. The van der Waals surface area contributed by atoms with E-state index in [1.54, 1.807) is 12.1 Å². The zero-order valence-corrected chi connectivity index (χ0v) is 15.1. The van der Waals surface area contributed by atoms with Crippen molar-refractivity contribution in [1.82, 2.24) is 0 Å². The number of amides is 1. The van der Waals surface area contributed by atoms with Gasteiger partial charge in [-0.2, -0.15) is 0 Å². The fourth-order valence-corrected chi connectivity index (χ4v) is 2.92. The Kier molecular flexibility index (Phi) is 5.07. The molecule has 0 saturated carbocycles. The molecule has 3 aromatic rings. The second-order valence-corrected chi connectivity index (χ2v) is 6.21. The molecule has 1 amide bonds. The maximum Gasteiger partial charge on any atom is 0.336 e. The van der Waals surface area contributed by atoms with Crippen molar-refractivity contribution in [3.05, 3.63) is 69.6 Å². The topological polar surface area (TPSA) is 68.5 Å². The minimum atomic E-state index is -0.406. The number of anilines is 1. The Morgan fingerprint density at radius 3 is 2.69 bits per heavy atom. The van der Waals surface area contributed by atoms with Gasteiger partial charge >= 0.3 is 5.63 Å². The number of benzene rings is 2. The minimum absolute atomic E-state index is 0.126. The summed E-state index contributed by atoms with van der Waals surface area (Å²) in [6, 6.07) is 12.6. The molecule has 0 aliphatic rings. The summed E-state index contributed by atoms with van der Waals surface area (Å²) in [6.45, 7) is 5.73.